The number of anilines is 1. The molecule has 0 bridgehead atoms. The lowest BCUT2D eigenvalue weighted by Crippen LogP contribution is -2.13. The van der Waals surface area contributed by atoms with Gasteiger partial charge in [0.2, 0.25) is 0 Å². The van der Waals surface area contributed by atoms with Gasteiger partial charge in [-0.1, -0.05) is 23.4 Å². The minimum Gasteiger partial charge on any atom is -0.508 e. The van der Waals surface area contributed by atoms with E-state index in [4.69, 9.17) is 16.0 Å². The van der Waals surface area contributed by atoms with Crippen LogP contribution in [0.5, 0.6) is 5.75 Å². The van der Waals surface area contributed by atoms with Crippen LogP contribution in [0.2, 0.25) is 5.02 Å². The molecule has 0 fully saturated rings. The zero-order chi connectivity index (χ0) is 19.2. The number of amides is 1. The van der Waals surface area contributed by atoms with Crippen molar-refractivity contribution >= 4 is 41.0 Å². The molecule has 0 spiro atoms. The summed E-state index contributed by atoms with van der Waals surface area (Å²) in [6, 6.07) is 18.6. The fraction of sp³-hybridized carbons (Fsp3) is 0. The lowest BCUT2D eigenvalue weighted by atomic mass is 10.2. The molecule has 2 N–H and O–H groups in total. The van der Waals surface area contributed by atoms with E-state index in [0.29, 0.717) is 21.6 Å². The number of nitrogens with one attached hydrogen (secondary N) is 1. The third-order valence-corrected chi connectivity index (χ3v) is 4.59. The van der Waals surface area contributed by atoms with Crippen LogP contribution in [0.1, 0.15) is 5.76 Å². The highest BCUT2D eigenvalue weighted by Gasteiger charge is 2.11. The molecule has 0 aliphatic carbocycles. The van der Waals surface area contributed by atoms with Crippen LogP contribution < -0.4 is 5.32 Å². The molecule has 0 aliphatic heterocycles. The van der Waals surface area contributed by atoms with Gasteiger partial charge in [0.1, 0.15) is 23.2 Å². The van der Waals surface area contributed by atoms with Crippen LogP contribution >= 0.6 is 23.4 Å². The van der Waals surface area contributed by atoms with Gasteiger partial charge in [-0.25, -0.2) is 0 Å². The first-order valence-electron chi connectivity index (χ1n) is 7.79. The maximum atomic E-state index is 12.2. The van der Waals surface area contributed by atoms with E-state index in [1.165, 1.54) is 42.1 Å². The molecule has 5 nitrogen and oxygen atoms in total. The second-order valence-electron chi connectivity index (χ2n) is 5.38. The molecule has 2 aromatic carbocycles. The molecule has 1 amide bonds. The third kappa shape index (κ3) is 5.17. The Hall–Kier alpha value is -3.14. The maximum absolute atomic E-state index is 12.2. The monoisotopic (exact) mass is 396 g/mol. The first kappa shape index (κ1) is 18.6. The van der Waals surface area contributed by atoms with Crippen LogP contribution in [0.15, 0.2) is 80.6 Å². The highest BCUT2D eigenvalue weighted by Crippen LogP contribution is 2.30. The smallest absolute Gasteiger partial charge is 0.266 e. The zero-order valence-electron chi connectivity index (χ0n) is 13.8. The van der Waals surface area contributed by atoms with E-state index in [2.05, 4.69) is 5.32 Å². The molecule has 0 aliphatic rings. The molecular weight excluding hydrogens is 384 g/mol. The highest BCUT2D eigenvalue weighted by atomic mass is 35.5. The Morgan fingerprint density at radius 1 is 1.11 bits per heavy atom. The van der Waals surface area contributed by atoms with Crippen LogP contribution in [0.25, 0.3) is 6.08 Å². The number of hydrogen-bond acceptors (Lipinski definition) is 5. The number of furan rings is 1. The second-order valence-corrected chi connectivity index (χ2v) is 6.90. The number of carbonyl (C=O) groups excluding carboxylic acids is 1. The summed E-state index contributed by atoms with van der Waals surface area (Å²) in [5, 5.41) is 22.4. The summed E-state index contributed by atoms with van der Waals surface area (Å²) < 4.78 is 5.66. The van der Waals surface area contributed by atoms with Gasteiger partial charge in [0.05, 0.1) is 0 Å². The summed E-state index contributed by atoms with van der Waals surface area (Å²) in [5.74, 6) is -0.0827. The van der Waals surface area contributed by atoms with Crippen LogP contribution in [0.4, 0.5) is 5.69 Å². The van der Waals surface area contributed by atoms with Crippen molar-refractivity contribution in [2.75, 3.05) is 5.32 Å². The highest BCUT2D eigenvalue weighted by molar-refractivity contribution is 7.99. The Bertz CT molecular complexity index is 1020. The number of nitriles is 1. The van der Waals surface area contributed by atoms with Crippen molar-refractivity contribution in [3.8, 4) is 11.8 Å². The quantitative estimate of drug-likeness (QED) is 0.345. The molecule has 0 unspecified atom stereocenters. The van der Waals surface area contributed by atoms with Gasteiger partial charge in [0.15, 0.2) is 5.09 Å². The topological polar surface area (TPSA) is 86.3 Å². The number of rotatable bonds is 5. The van der Waals surface area contributed by atoms with E-state index < -0.39 is 5.91 Å². The first-order valence-corrected chi connectivity index (χ1v) is 8.98. The zero-order valence-corrected chi connectivity index (χ0v) is 15.4. The molecule has 0 radical (unpaired) electrons. The lowest BCUT2D eigenvalue weighted by Gasteiger charge is -2.03. The molecule has 7 heteroatoms. The number of nitrogens with zero attached hydrogens (tertiary/aromatic N) is 1. The largest absolute Gasteiger partial charge is 0.508 e. The average Bonchev–Trinajstić information content (AvgIpc) is 3.10. The SMILES string of the molecule is N#C/C(=C\c1ccc(Sc2ccc(Cl)cc2)o1)C(=O)Nc1ccc(O)cc1. The third-order valence-electron chi connectivity index (χ3n) is 3.41. The Balaban J connectivity index is 1.71. The molecule has 0 saturated carbocycles. The van der Waals surface area contributed by atoms with Gasteiger partial charge in [0, 0.05) is 21.7 Å². The molecule has 0 atom stereocenters. The normalized spacial score (nSPS) is 11.0. The van der Waals surface area contributed by atoms with Gasteiger partial charge < -0.3 is 14.8 Å². The van der Waals surface area contributed by atoms with Crippen molar-refractivity contribution < 1.29 is 14.3 Å². The summed E-state index contributed by atoms with van der Waals surface area (Å²) in [6.07, 6.45) is 1.38. The van der Waals surface area contributed by atoms with Gasteiger partial charge in [-0.05, 0) is 60.7 Å². The van der Waals surface area contributed by atoms with E-state index in [1.807, 2.05) is 18.2 Å². The number of phenols is 1. The van der Waals surface area contributed by atoms with E-state index in [1.54, 1.807) is 24.3 Å². The summed E-state index contributed by atoms with van der Waals surface area (Å²) in [5.41, 5.74) is 0.373. The van der Waals surface area contributed by atoms with Crippen LogP contribution in [0.3, 0.4) is 0 Å². The lowest BCUT2D eigenvalue weighted by molar-refractivity contribution is -0.112. The molecule has 1 heterocycles. The Morgan fingerprint density at radius 3 is 2.48 bits per heavy atom. The fourth-order valence-electron chi connectivity index (χ4n) is 2.12. The van der Waals surface area contributed by atoms with Crippen molar-refractivity contribution in [1.29, 1.82) is 5.26 Å². The van der Waals surface area contributed by atoms with Crippen molar-refractivity contribution in [3.05, 3.63) is 77.0 Å². The maximum Gasteiger partial charge on any atom is 0.266 e. The van der Waals surface area contributed by atoms with E-state index in [9.17, 15) is 15.2 Å². The fourth-order valence-corrected chi connectivity index (χ4v) is 3.02. The van der Waals surface area contributed by atoms with Crippen LogP contribution in [0, 0.1) is 11.3 Å². The Kier molecular flexibility index (Phi) is 5.87. The molecule has 134 valence electrons. The predicted octanol–water partition coefficient (Wildman–Crippen LogP) is 5.34. The van der Waals surface area contributed by atoms with Crippen LogP contribution in [-0.4, -0.2) is 11.0 Å². The van der Waals surface area contributed by atoms with E-state index in [0.717, 1.165) is 4.90 Å². The average molecular weight is 397 g/mol. The van der Waals surface area contributed by atoms with Crippen LogP contribution in [-0.2, 0) is 4.79 Å². The molecule has 3 aromatic rings. The van der Waals surface area contributed by atoms with E-state index >= 15 is 0 Å². The summed E-state index contributed by atoms with van der Waals surface area (Å²) in [7, 11) is 0. The van der Waals surface area contributed by atoms with Crippen molar-refractivity contribution in [2.24, 2.45) is 0 Å². The van der Waals surface area contributed by atoms with Gasteiger partial charge >= 0.3 is 0 Å². The Morgan fingerprint density at radius 2 is 1.81 bits per heavy atom. The minimum atomic E-state index is -0.563. The molecule has 0 saturated heterocycles. The minimum absolute atomic E-state index is 0.0883. The summed E-state index contributed by atoms with van der Waals surface area (Å²) in [6.45, 7) is 0. The number of phenolic OH excluding ortho intramolecular Hbond substituents is 1. The molecule has 27 heavy (non-hydrogen) atoms. The number of benzene rings is 2. The summed E-state index contributed by atoms with van der Waals surface area (Å²) in [4.78, 5) is 13.2. The van der Waals surface area contributed by atoms with Gasteiger partial charge in [0.25, 0.3) is 5.91 Å². The van der Waals surface area contributed by atoms with Gasteiger partial charge in [-0.3, -0.25) is 4.79 Å². The predicted molar refractivity (Wildman–Crippen MR) is 105 cm³/mol. The van der Waals surface area contributed by atoms with Crippen molar-refractivity contribution in [1.82, 2.24) is 0 Å². The molecular formula is C20H13ClN2O3S. The number of halogens is 1. The summed E-state index contributed by atoms with van der Waals surface area (Å²) >= 11 is 7.27. The number of carbonyl (C=O) groups is 1. The van der Waals surface area contributed by atoms with Gasteiger partial charge in [-0.2, -0.15) is 5.26 Å². The van der Waals surface area contributed by atoms with Crippen molar-refractivity contribution in [3.63, 3.8) is 0 Å². The van der Waals surface area contributed by atoms with Crippen molar-refractivity contribution in [2.45, 2.75) is 9.99 Å². The first-order chi connectivity index (χ1) is 13.0. The van der Waals surface area contributed by atoms with E-state index in [-0.39, 0.29) is 11.3 Å². The molecule has 1 aromatic heterocycles. The Labute approximate surface area is 164 Å². The van der Waals surface area contributed by atoms with Gasteiger partial charge in [-0.15, -0.1) is 0 Å². The number of aromatic hydroxyl groups is 1. The number of hydrogen-bond donors (Lipinski definition) is 2. The second kappa shape index (κ2) is 8.49. The molecule has 3 rings (SSSR count). The standard InChI is InChI=1S/C20H13ClN2O3S/c21-14-1-8-18(9-2-14)27-19-10-7-17(26-19)11-13(12-22)20(25)23-15-3-5-16(24)6-4-15/h1-11,24H,(H,23,25)/b13-11+.